The molecule has 0 aliphatic heterocycles. The van der Waals surface area contributed by atoms with Gasteiger partial charge in [0.2, 0.25) is 5.75 Å². The van der Waals surface area contributed by atoms with Gasteiger partial charge in [-0.3, -0.25) is 0 Å². The number of nitrogens with one attached hydrogen (secondary N) is 1. The van der Waals surface area contributed by atoms with Gasteiger partial charge < -0.3 is 19.5 Å². The Labute approximate surface area is 163 Å². The molecule has 0 radical (unpaired) electrons. The fourth-order valence-electron chi connectivity index (χ4n) is 3.22. The number of anilines is 1. The van der Waals surface area contributed by atoms with Gasteiger partial charge in [0.1, 0.15) is 5.82 Å². The van der Waals surface area contributed by atoms with Gasteiger partial charge in [0.25, 0.3) is 0 Å². The summed E-state index contributed by atoms with van der Waals surface area (Å²) in [5, 5.41) is 8.08. The highest BCUT2D eigenvalue weighted by Gasteiger charge is 2.17. The van der Waals surface area contributed by atoms with Crippen molar-refractivity contribution in [3.63, 3.8) is 0 Å². The molecule has 1 aromatic carbocycles. The van der Waals surface area contributed by atoms with Gasteiger partial charge in [-0.2, -0.15) is 0 Å². The van der Waals surface area contributed by atoms with Crippen LogP contribution < -0.4 is 19.5 Å². The van der Waals surface area contributed by atoms with Crippen molar-refractivity contribution in [2.75, 3.05) is 33.2 Å². The van der Waals surface area contributed by atoms with Gasteiger partial charge in [-0.05, 0) is 36.3 Å². The number of hydrogen-bond acceptors (Lipinski definition) is 6. The van der Waals surface area contributed by atoms with Crippen molar-refractivity contribution < 1.29 is 14.2 Å². The average molecular weight is 378 g/mol. The molecule has 0 atom stereocenters. The van der Waals surface area contributed by atoms with E-state index in [2.05, 4.69) is 28.5 Å². The van der Waals surface area contributed by atoms with Crippen LogP contribution in [-0.4, -0.2) is 42.5 Å². The van der Waals surface area contributed by atoms with E-state index in [0.717, 1.165) is 35.7 Å². The summed E-state index contributed by atoms with van der Waals surface area (Å²) in [6, 6.07) is 7.66. The molecular weight excluding hydrogens is 356 g/mol. The minimum Gasteiger partial charge on any atom is -0.493 e. The summed E-state index contributed by atoms with van der Waals surface area (Å²) in [6.07, 6.45) is 9.12. The van der Waals surface area contributed by atoms with E-state index in [-0.39, 0.29) is 0 Å². The van der Waals surface area contributed by atoms with Crippen LogP contribution in [0, 0.1) is 0 Å². The van der Waals surface area contributed by atoms with Crippen LogP contribution in [0.3, 0.4) is 0 Å². The molecule has 0 spiro atoms. The standard InChI is InChI=1S/C21H22N4O3/c1-26-17-10-15(11-18(27-2)21(17)28-3)16-13-23-20-9-8-19(24-25(16)20)22-12-14-6-4-5-7-14/h4-6,8-11,13H,7,12H2,1-3H3,(H,22,24). The smallest absolute Gasteiger partial charge is 0.203 e. The molecule has 0 amide bonds. The summed E-state index contributed by atoms with van der Waals surface area (Å²) >= 11 is 0. The zero-order valence-electron chi connectivity index (χ0n) is 16.1. The highest BCUT2D eigenvalue weighted by molar-refractivity contribution is 5.70. The quantitative estimate of drug-likeness (QED) is 0.676. The largest absolute Gasteiger partial charge is 0.493 e. The summed E-state index contributed by atoms with van der Waals surface area (Å²) in [5.41, 5.74) is 3.79. The van der Waals surface area contributed by atoms with Gasteiger partial charge in [-0.1, -0.05) is 18.2 Å². The molecule has 0 bridgehead atoms. The number of hydrogen-bond donors (Lipinski definition) is 1. The Hall–Kier alpha value is -3.48. The van der Waals surface area contributed by atoms with Gasteiger partial charge in [-0.25, -0.2) is 9.50 Å². The van der Waals surface area contributed by atoms with Crippen molar-refractivity contribution in [3.8, 4) is 28.5 Å². The first-order valence-corrected chi connectivity index (χ1v) is 8.97. The lowest BCUT2D eigenvalue weighted by Gasteiger charge is -2.14. The Morgan fingerprint density at radius 2 is 1.86 bits per heavy atom. The second-order valence-corrected chi connectivity index (χ2v) is 6.36. The Morgan fingerprint density at radius 1 is 1.07 bits per heavy atom. The molecule has 7 heteroatoms. The summed E-state index contributed by atoms with van der Waals surface area (Å²) in [7, 11) is 4.79. The number of nitrogens with zero attached hydrogens (tertiary/aromatic N) is 3. The molecule has 2 aromatic heterocycles. The van der Waals surface area contributed by atoms with Gasteiger partial charge in [0.15, 0.2) is 17.1 Å². The lowest BCUT2D eigenvalue weighted by Crippen LogP contribution is -2.07. The fraction of sp³-hybridized carbons (Fsp3) is 0.238. The lowest BCUT2D eigenvalue weighted by molar-refractivity contribution is 0.324. The summed E-state index contributed by atoms with van der Waals surface area (Å²) in [5.74, 6) is 2.51. The third kappa shape index (κ3) is 3.26. The molecule has 1 N–H and O–H groups in total. The van der Waals surface area contributed by atoms with Crippen molar-refractivity contribution in [3.05, 3.63) is 54.3 Å². The topological polar surface area (TPSA) is 69.9 Å². The van der Waals surface area contributed by atoms with Crippen LogP contribution in [0.15, 0.2) is 54.3 Å². The monoisotopic (exact) mass is 378 g/mol. The molecule has 1 aliphatic carbocycles. The second-order valence-electron chi connectivity index (χ2n) is 6.36. The molecule has 144 valence electrons. The normalized spacial score (nSPS) is 12.9. The van der Waals surface area contributed by atoms with E-state index < -0.39 is 0 Å². The number of fused-ring (bicyclic) bond motifs is 1. The minimum atomic E-state index is 0.552. The number of aromatic nitrogens is 3. The van der Waals surface area contributed by atoms with Crippen molar-refractivity contribution in [2.45, 2.75) is 6.42 Å². The van der Waals surface area contributed by atoms with Crippen molar-refractivity contribution in [2.24, 2.45) is 0 Å². The molecule has 1 aliphatic rings. The number of ether oxygens (including phenoxy) is 3. The third-order valence-electron chi connectivity index (χ3n) is 4.67. The predicted molar refractivity (Wildman–Crippen MR) is 108 cm³/mol. The predicted octanol–water partition coefficient (Wildman–Crippen LogP) is 3.72. The molecule has 4 rings (SSSR count). The molecule has 28 heavy (non-hydrogen) atoms. The molecule has 0 fully saturated rings. The first kappa shape index (κ1) is 17.9. The van der Waals surface area contributed by atoms with Crippen molar-refractivity contribution >= 4 is 11.5 Å². The van der Waals surface area contributed by atoms with E-state index in [9.17, 15) is 0 Å². The molecule has 0 saturated heterocycles. The van der Waals surface area contributed by atoms with E-state index in [0.29, 0.717) is 17.2 Å². The van der Waals surface area contributed by atoms with Gasteiger partial charge in [0, 0.05) is 12.1 Å². The highest BCUT2D eigenvalue weighted by atomic mass is 16.5. The van der Waals surface area contributed by atoms with Crippen LogP contribution in [-0.2, 0) is 0 Å². The Kier molecular flexibility index (Phi) is 4.89. The van der Waals surface area contributed by atoms with E-state index >= 15 is 0 Å². The van der Waals surface area contributed by atoms with E-state index in [1.165, 1.54) is 5.57 Å². The van der Waals surface area contributed by atoms with Crippen LogP contribution in [0.2, 0.25) is 0 Å². The van der Waals surface area contributed by atoms with E-state index in [1.807, 2.05) is 28.8 Å². The van der Waals surface area contributed by atoms with Gasteiger partial charge in [-0.15, -0.1) is 5.10 Å². The van der Waals surface area contributed by atoms with Crippen LogP contribution in [0.5, 0.6) is 17.2 Å². The summed E-state index contributed by atoms with van der Waals surface area (Å²) < 4.78 is 18.2. The Balaban J connectivity index is 1.71. The average Bonchev–Trinajstić information content (AvgIpc) is 3.40. The highest BCUT2D eigenvalue weighted by Crippen LogP contribution is 2.41. The lowest BCUT2D eigenvalue weighted by atomic mass is 10.1. The van der Waals surface area contributed by atoms with Crippen molar-refractivity contribution in [1.82, 2.24) is 14.6 Å². The Morgan fingerprint density at radius 3 is 2.50 bits per heavy atom. The number of rotatable bonds is 7. The zero-order chi connectivity index (χ0) is 19.5. The second kappa shape index (κ2) is 7.64. The fourth-order valence-corrected chi connectivity index (χ4v) is 3.22. The number of imidazole rings is 1. The minimum absolute atomic E-state index is 0.552. The summed E-state index contributed by atoms with van der Waals surface area (Å²) in [4.78, 5) is 4.47. The zero-order valence-corrected chi connectivity index (χ0v) is 16.1. The Bertz CT molecular complexity index is 1040. The van der Waals surface area contributed by atoms with Gasteiger partial charge >= 0.3 is 0 Å². The molecule has 3 aromatic rings. The number of benzene rings is 1. The van der Waals surface area contributed by atoms with Gasteiger partial charge in [0.05, 0.1) is 33.2 Å². The molecule has 2 heterocycles. The van der Waals surface area contributed by atoms with Crippen molar-refractivity contribution in [1.29, 1.82) is 0 Å². The molecule has 7 nitrogen and oxygen atoms in total. The molecule has 0 unspecified atom stereocenters. The summed E-state index contributed by atoms with van der Waals surface area (Å²) in [6.45, 7) is 0.764. The van der Waals surface area contributed by atoms with Crippen LogP contribution in [0.1, 0.15) is 6.42 Å². The molecule has 0 saturated carbocycles. The third-order valence-corrected chi connectivity index (χ3v) is 4.67. The maximum absolute atomic E-state index is 5.47. The van der Waals surface area contributed by atoms with Crippen LogP contribution >= 0.6 is 0 Å². The van der Waals surface area contributed by atoms with E-state index in [1.54, 1.807) is 27.5 Å². The van der Waals surface area contributed by atoms with Crippen LogP contribution in [0.25, 0.3) is 16.9 Å². The maximum atomic E-state index is 5.47. The number of allylic oxidation sites excluding steroid dienone is 3. The first-order chi connectivity index (χ1) is 13.7. The SMILES string of the molecule is COc1cc(-c2cnc3ccc(NCC4=CC=CC4)nn23)cc(OC)c1OC. The maximum Gasteiger partial charge on any atom is 0.203 e. The molecular formula is C21H22N4O3. The first-order valence-electron chi connectivity index (χ1n) is 8.97. The van der Waals surface area contributed by atoms with E-state index in [4.69, 9.17) is 19.3 Å². The van der Waals surface area contributed by atoms with Crippen LogP contribution in [0.4, 0.5) is 5.82 Å². The number of methoxy groups -OCH3 is 3.